The number of hydrogen-bond acceptors (Lipinski definition) is 3. The molecule has 3 nitrogen and oxygen atoms in total. The van der Waals surface area contributed by atoms with E-state index < -0.39 is 0 Å². The van der Waals surface area contributed by atoms with Crippen molar-refractivity contribution in [3.8, 4) is 5.75 Å². The van der Waals surface area contributed by atoms with Crippen molar-refractivity contribution in [3.63, 3.8) is 0 Å². The Kier molecular flexibility index (Phi) is 2.65. The maximum Gasteiger partial charge on any atom is 0.123 e. The lowest BCUT2D eigenvalue weighted by Crippen LogP contribution is -2.29. The molecule has 1 atom stereocenters. The minimum Gasteiger partial charge on any atom is -0.488 e. The fourth-order valence-corrected chi connectivity index (χ4v) is 1.58. The SMILES string of the molecule is CONCC1Cc2cc(F)ccc2O1. The van der Waals surface area contributed by atoms with Crippen LogP contribution in [0.15, 0.2) is 18.2 Å². The fraction of sp³-hybridized carbons (Fsp3) is 0.400. The Balaban J connectivity index is 2.03. The summed E-state index contributed by atoms with van der Waals surface area (Å²) in [6.07, 6.45) is 0.760. The molecule has 0 amide bonds. The number of halogens is 1. The van der Waals surface area contributed by atoms with E-state index in [4.69, 9.17) is 9.57 Å². The Hall–Kier alpha value is -1.13. The number of benzene rings is 1. The lowest BCUT2D eigenvalue weighted by Gasteiger charge is -2.09. The lowest BCUT2D eigenvalue weighted by molar-refractivity contribution is 0.0634. The third-order valence-corrected chi connectivity index (χ3v) is 2.22. The summed E-state index contributed by atoms with van der Waals surface area (Å²) in [5, 5.41) is 0. The molecule has 1 N–H and O–H groups in total. The second-order valence-electron chi connectivity index (χ2n) is 3.25. The quantitative estimate of drug-likeness (QED) is 0.740. The molecule has 0 aliphatic carbocycles. The molecular weight excluding hydrogens is 185 g/mol. The average Bonchev–Trinajstić information content (AvgIpc) is 2.56. The molecule has 1 aromatic carbocycles. The van der Waals surface area contributed by atoms with Crippen LogP contribution in [-0.2, 0) is 11.3 Å². The van der Waals surface area contributed by atoms with E-state index >= 15 is 0 Å². The monoisotopic (exact) mass is 197 g/mol. The summed E-state index contributed by atoms with van der Waals surface area (Å²) < 4.78 is 18.4. The molecule has 1 aliphatic rings. The zero-order chi connectivity index (χ0) is 9.97. The molecule has 0 bridgehead atoms. The van der Waals surface area contributed by atoms with E-state index in [1.54, 1.807) is 13.2 Å². The van der Waals surface area contributed by atoms with Gasteiger partial charge in [-0.1, -0.05) is 0 Å². The number of hydroxylamine groups is 1. The van der Waals surface area contributed by atoms with E-state index in [1.165, 1.54) is 12.1 Å². The topological polar surface area (TPSA) is 30.5 Å². The minimum atomic E-state index is -0.215. The molecule has 0 radical (unpaired) electrons. The highest BCUT2D eigenvalue weighted by molar-refractivity contribution is 5.37. The Morgan fingerprint density at radius 1 is 1.64 bits per heavy atom. The van der Waals surface area contributed by atoms with E-state index in [0.29, 0.717) is 6.54 Å². The molecule has 76 valence electrons. The molecule has 4 heteroatoms. The maximum absolute atomic E-state index is 12.8. The standard InChI is InChI=1S/C10H12FNO2/c1-13-12-6-9-5-7-4-8(11)2-3-10(7)14-9/h2-4,9,12H,5-6H2,1H3. The summed E-state index contributed by atoms with van der Waals surface area (Å²) in [5.41, 5.74) is 3.64. The molecule has 1 aromatic rings. The first-order valence-corrected chi connectivity index (χ1v) is 4.50. The van der Waals surface area contributed by atoms with Gasteiger partial charge in [0.05, 0.1) is 13.7 Å². The van der Waals surface area contributed by atoms with Gasteiger partial charge in [0.1, 0.15) is 17.7 Å². The van der Waals surface area contributed by atoms with Crippen LogP contribution in [0.25, 0.3) is 0 Å². The van der Waals surface area contributed by atoms with Crippen molar-refractivity contribution in [1.82, 2.24) is 5.48 Å². The summed E-state index contributed by atoms with van der Waals surface area (Å²) in [4.78, 5) is 4.72. The first-order chi connectivity index (χ1) is 6.79. The zero-order valence-corrected chi connectivity index (χ0v) is 7.92. The molecule has 1 heterocycles. The predicted octanol–water partition coefficient (Wildman–Crippen LogP) is 1.28. The average molecular weight is 197 g/mol. The van der Waals surface area contributed by atoms with Crippen LogP contribution < -0.4 is 10.2 Å². The molecule has 0 spiro atoms. The van der Waals surface area contributed by atoms with Crippen LogP contribution >= 0.6 is 0 Å². The number of ether oxygens (including phenoxy) is 1. The molecule has 14 heavy (non-hydrogen) atoms. The first kappa shape index (κ1) is 9.43. The smallest absolute Gasteiger partial charge is 0.123 e. The second kappa shape index (κ2) is 3.94. The number of nitrogens with one attached hydrogen (secondary N) is 1. The van der Waals surface area contributed by atoms with Crippen molar-refractivity contribution in [3.05, 3.63) is 29.6 Å². The van der Waals surface area contributed by atoms with Crippen molar-refractivity contribution in [2.24, 2.45) is 0 Å². The first-order valence-electron chi connectivity index (χ1n) is 4.50. The van der Waals surface area contributed by atoms with Gasteiger partial charge >= 0.3 is 0 Å². The molecule has 1 unspecified atom stereocenters. The predicted molar refractivity (Wildman–Crippen MR) is 49.5 cm³/mol. The largest absolute Gasteiger partial charge is 0.488 e. The van der Waals surface area contributed by atoms with Gasteiger partial charge in [0.2, 0.25) is 0 Å². The van der Waals surface area contributed by atoms with Crippen molar-refractivity contribution < 1.29 is 14.0 Å². The van der Waals surface area contributed by atoms with Gasteiger partial charge in [0, 0.05) is 12.0 Å². The maximum atomic E-state index is 12.8. The molecule has 1 aliphatic heterocycles. The Bertz CT molecular complexity index is 330. The third kappa shape index (κ3) is 1.86. The lowest BCUT2D eigenvalue weighted by atomic mass is 10.1. The summed E-state index contributed by atoms with van der Waals surface area (Å²) in [5.74, 6) is 0.557. The Morgan fingerprint density at radius 3 is 3.29 bits per heavy atom. The van der Waals surface area contributed by atoms with Gasteiger partial charge in [-0.25, -0.2) is 4.39 Å². The molecule has 2 rings (SSSR count). The van der Waals surface area contributed by atoms with Crippen LogP contribution in [0.2, 0.25) is 0 Å². The van der Waals surface area contributed by atoms with Crippen LogP contribution in [0.1, 0.15) is 5.56 Å². The van der Waals surface area contributed by atoms with Crippen molar-refractivity contribution in [1.29, 1.82) is 0 Å². The Labute approximate surface area is 81.8 Å². The van der Waals surface area contributed by atoms with Crippen LogP contribution in [0.4, 0.5) is 4.39 Å². The molecular formula is C10H12FNO2. The number of fused-ring (bicyclic) bond motifs is 1. The fourth-order valence-electron chi connectivity index (χ4n) is 1.58. The summed E-state index contributed by atoms with van der Waals surface area (Å²) in [6, 6.07) is 4.59. The van der Waals surface area contributed by atoms with Crippen molar-refractivity contribution in [2.75, 3.05) is 13.7 Å². The highest BCUT2D eigenvalue weighted by Gasteiger charge is 2.22. The normalized spacial score (nSPS) is 19.1. The summed E-state index contributed by atoms with van der Waals surface area (Å²) >= 11 is 0. The van der Waals surface area contributed by atoms with E-state index in [0.717, 1.165) is 17.7 Å². The van der Waals surface area contributed by atoms with Gasteiger partial charge in [-0.2, -0.15) is 5.48 Å². The van der Waals surface area contributed by atoms with Crippen LogP contribution in [0.3, 0.4) is 0 Å². The van der Waals surface area contributed by atoms with Crippen molar-refractivity contribution in [2.45, 2.75) is 12.5 Å². The third-order valence-electron chi connectivity index (χ3n) is 2.22. The van der Waals surface area contributed by atoms with E-state index in [9.17, 15) is 4.39 Å². The molecule has 0 saturated carbocycles. The van der Waals surface area contributed by atoms with E-state index in [-0.39, 0.29) is 11.9 Å². The number of rotatable bonds is 3. The molecule has 0 aromatic heterocycles. The van der Waals surface area contributed by atoms with Gasteiger partial charge in [-0.05, 0) is 18.2 Å². The van der Waals surface area contributed by atoms with Gasteiger partial charge in [-0.3, -0.25) is 0 Å². The molecule has 0 fully saturated rings. The number of hydrogen-bond donors (Lipinski definition) is 1. The van der Waals surface area contributed by atoms with Crippen LogP contribution in [0.5, 0.6) is 5.75 Å². The van der Waals surface area contributed by atoms with Gasteiger partial charge in [-0.15, -0.1) is 0 Å². The van der Waals surface area contributed by atoms with E-state index in [1.807, 2.05) is 0 Å². The molecule has 0 saturated heterocycles. The minimum absolute atomic E-state index is 0.0340. The highest BCUT2D eigenvalue weighted by atomic mass is 19.1. The van der Waals surface area contributed by atoms with Gasteiger partial charge < -0.3 is 9.57 Å². The van der Waals surface area contributed by atoms with Gasteiger partial charge in [0.15, 0.2) is 0 Å². The summed E-state index contributed by atoms with van der Waals surface area (Å²) in [7, 11) is 1.56. The van der Waals surface area contributed by atoms with Gasteiger partial charge in [0.25, 0.3) is 0 Å². The van der Waals surface area contributed by atoms with Crippen LogP contribution in [0, 0.1) is 5.82 Å². The van der Waals surface area contributed by atoms with Crippen LogP contribution in [-0.4, -0.2) is 19.8 Å². The summed E-state index contributed by atoms with van der Waals surface area (Å²) in [6.45, 7) is 0.604. The second-order valence-corrected chi connectivity index (χ2v) is 3.25. The highest BCUT2D eigenvalue weighted by Crippen LogP contribution is 2.28. The Morgan fingerprint density at radius 2 is 2.50 bits per heavy atom. The van der Waals surface area contributed by atoms with E-state index in [2.05, 4.69) is 5.48 Å². The van der Waals surface area contributed by atoms with Crippen molar-refractivity contribution >= 4 is 0 Å². The zero-order valence-electron chi connectivity index (χ0n) is 7.92.